The topological polar surface area (TPSA) is 61.4 Å². The van der Waals surface area contributed by atoms with Crippen LogP contribution in [0.15, 0.2) is 54.6 Å². The van der Waals surface area contributed by atoms with Gasteiger partial charge in [0, 0.05) is 13.1 Å². The van der Waals surface area contributed by atoms with Gasteiger partial charge in [0.25, 0.3) is 0 Å². The van der Waals surface area contributed by atoms with Crippen LogP contribution in [0.2, 0.25) is 0 Å². The molecule has 3 atom stereocenters. The van der Waals surface area contributed by atoms with E-state index < -0.39 is 0 Å². The van der Waals surface area contributed by atoms with Gasteiger partial charge in [-0.3, -0.25) is 9.59 Å². The van der Waals surface area contributed by atoms with Gasteiger partial charge in [-0.1, -0.05) is 54.6 Å². The molecule has 2 heterocycles. The molecule has 5 heteroatoms. The van der Waals surface area contributed by atoms with E-state index in [1.54, 1.807) is 4.90 Å². The Kier molecular flexibility index (Phi) is 5.44. The number of carbonyl (C=O) groups is 2. The standard InChI is InChI=1S/C23H27N3O2/c1-16(17-8-3-2-4-9-17)25-22(27)21-12-7-13-26(21)23(28)20-14-18-10-5-6-11-19(18)15-24-20/h2-6,8-11,16,20-21,24H,7,12-15H2,1H3,(H,25,27)/t16?,20-,21-/m0/s1. The van der Waals surface area contributed by atoms with Crippen molar-refractivity contribution in [2.75, 3.05) is 6.54 Å². The van der Waals surface area contributed by atoms with Gasteiger partial charge >= 0.3 is 0 Å². The summed E-state index contributed by atoms with van der Waals surface area (Å²) in [5.74, 6) is -0.0158. The highest BCUT2D eigenvalue weighted by molar-refractivity contribution is 5.90. The molecule has 5 nitrogen and oxygen atoms in total. The van der Waals surface area contributed by atoms with E-state index in [2.05, 4.69) is 22.8 Å². The van der Waals surface area contributed by atoms with E-state index in [0.717, 1.165) is 18.4 Å². The molecule has 1 saturated heterocycles. The molecule has 1 unspecified atom stereocenters. The molecule has 4 rings (SSSR count). The van der Waals surface area contributed by atoms with Gasteiger partial charge in [0.2, 0.25) is 11.8 Å². The average Bonchev–Trinajstić information content (AvgIpc) is 3.23. The van der Waals surface area contributed by atoms with E-state index in [1.807, 2.05) is 49.4 Å². The van der Waals surface area contributed by atoms with E-state index in [0.29, 0.717) is 19.5 Å². The molecular weight excluding hydrogens is 350 g/mol. The summed E-state index contributed by atoms with van der Waals surface area (Å²) in [6.45, 7) is 3.33. The van der Waals surface area contributed by atoms with E-state index >= 15 is 0 Å². The summed E-state index contributed by atoms with van der Waals surface area (Å²) in [4.78, 5) is 27.8. The first kappa shape index (κ1) is 18.7. The number of rotatable bonds is 4. The van der Waals surface area contributed by atoms with Crippen LogP contribution in [0.3, 0.4) is 0 Å². The summed E-state index contributed by atoms with van der Waals surface area (Å²) in [5.41, 5.74) is 3.54. The number of nitrogens with one attached hydrogen (secondary N) is 2. The van der Waals surface area contributed by atoms with Crippen LogP contribution in [0.5, 0.6) is 0 Å². The Morgan fingerprint density at radius 2 is 1.79 bits per heavy atom. The fourth-order valence-corrected chi connectivity index (χ4v) is 4.27. The molecule has 0 spiro atoms. The zero-order valence-electron chi connectivity index (χ0n) is 16.2. The third-order valence-corrected chi connectivity index (χ3v) is 5.88. The van der Waals surface area contributed by atoms with Crippen molar-refractivity contribution in [3.05, 3.63) is 71.3 Å². The van der Waals surface area contributed by atoms with Crippen molar-refractivity contribution in [3.63, 3.8) is 0 Å². The lowest BCUT2D eigenvalue weighted by Crippen LogP contribution is -2.54. The maximum atomic E-state index is 13.2. The Hall–Kier alpha value is -2.66. The maximum Gasteiger partial charge on any atom is 0.243 e. The first-order valence-corrected chi connectivity index (χ1v) is 10.1. The molecule has 1 fully saturated rings. The van der Waals surface area contributed by atoms with E-state index in [9.17, 15) is 9.59 Å². The molecule has 0 radical (unpaired) electrons. The molecule has 2 aliphatic rings. The number of nitrogens with zero attached hydrogens (tertiary/aromatic N) is 1. The van der Waals surface area contributed by atoms with Gasteiger partial charge in [0.15, 0.2) is 0 Å². The highest BCUT2D eigenvalue weighted by atomic mass is 16.2. The monoisotopic (exact) mass is 377 g/mol. The van der Waals surface area contributed by atoms with Crippen LogP contribution in [0.4, 0.5) is 0 Å². The zero-order valence-corrected chi connectivity index (χ0v) is 16.2. The first-order chi connectivity index (χ1) is 13.6. The molecule has 2 aromatic carbocycles. The Bertz CT molecular complexity index is 852. The Morgan fingerprint density at radius 3 is 2.57 bits per heavy atom. The summed E-state index contributed by atoms with van der Waals surface area (Å²) < 4.78 is 0. The van der Waals surface area contributed by atoms with Crippen LogP contribution in [-0.2, 0) is 22.6 Å². The smallest absolute Gasteiger partial charge is 0.243 e. The lowest BCUT2D eigenvalue weighted by atomic mass is 9.95. The SMILES string of the molecule is CC(NC(=O)[C@@H]1CCCN1C(=O)[C@@H]1Cc2ccccc2CN1)c1ccccc1. The van der Waals surface area contributed by atoms with Gasteiger partial charge in [0.05, 0.1) is 12.1 Å². The molecule has 0 bridgehead atoms. The minimum Gasteiger partial charge on any atom is -0.348 e. The molecule has 2 aromatic rings. The van der Waals surface area contributed by atoms with Gasteiger partial charge < -0.3 is 15.5 Å². The molecule has 2 amide bonds. The van der Waals surface area contributed by atoms with E-state index in [4.69, 9.17) is 0 Å². The predicted octanol–water partition coefficient (Wildman–Crippen LogP) is 2.57. The van der Waals surface area contributed by atoms with Crippen molar-refractivity contribution in [1.29, 1.82) is 0 Å². The van der Waals surface area contributed by atoms with Gasteiger partial charge in [-0.15, -0.1) is 0 Å². The third-order valence-electron chi connectivity index (χ3n) is 5.88. The van der Waals surface area contributed by atoms with Crippen LogP contribution in [0, 0.1) is 0 Å². The molecule has 0 aliphatic carbocycles. The van der Waals surface area contributed by atoms with Crippen LogP contribution in [0.25, 0.3) is 0 Å². The van der Waals surface area contributed by atoms with Crippen molar-refractivity contribution in [2.45, 2.75) is 50.9 Å². The van der Waals surface area contributed by atoms with Crippen LogP contribution in [-0.4, -0.2) is 35.3 Å². The van der Waals surface area contributed by atoms with Crippen molar-refractivity contribution in [1.82, 2.24) is 15.5 Å². The second kappa shape index (κ2) is 8.15. The Labute approximate surface area is 166 Å². The predicted molar refractivity (Wildman–Crippen MR) is 109 cm³/mol. The van der Waals surface area contributed by atoms with Crippen molar-refractivity contribution < 1.29 is 9.59 Å². The molecule has 0 saturated carbocycles. The van der Waals surface area contributed by atoms with Gasteiger partial charge in [0.1, 0.15) is 6.04 Å². The third kappa shape index (κ3) is 3.80. The first-order valence-electron chi connectivity index (χ1n) is 10.1. The van der Waals surface area contributed by atoms with Crippen molar-refractivity contribution in [2.24, 2.45) is 0 Å². The van der Waals surface area contributed by atoms with Gasteiger partial charge in [-0.25, -0.2) is 0 Å². The van der Waals surface area contributed by atoms with Gasteiger partial charge in [-0.2, -0.15) is 0 Å². The Balaban J connectivity index is 1.42. The fourth-order valence-electron chi connectivity index (χ4n) is 4.27. The maximum absolute atomic E-state index is 13.2. The molecule has 146 valence electrons. The minimum absolute atomic E-state index is 0.0412. The summed E-state index contributed by atoms with van der Waals surface area (Å²) in [7, 11) is 0. The lowest BCUT2D eigenvalue weighted by Gasteiger charge is -2.32. The number of hydrogen-bond acceptors (Lipinski definition) is 3. The number of likely N-dealkylation sites (tertiary alicyclic amines) is 1. The second-order valence-electron chi connectivity index (χ2n) is 7.74. The number of amides is 2. The van der Waals surface area contributed by atoms with Crippen LogP contribution < -0.4 is 10.6 Å². The number of carbonyl (C=O) groups excluding carboxylic acids is 2. The van der Waals surface area contributed by atoms with Gasteiger partial charge in [-0.05, 0) is 42.9 Å². The highest BCUT2D eigenvalue weighted by Gasteiger charge is 2.38. The molecule has 2 aliphatic heterocycles. The Morgan fingerprint density at radius 1 is 1.07 bits per heavy atom. The van der Waals surface area contributed by atoms with Crippen molar-refractivity contribution >= 4 is 11.8 Å². The van der Waals surface area contributed by atoms with Crippen LogP contribution >= 0.6 is 0 Å². The zero-order chi connectivity index (χ0) is 19.5. The second-order valence-corrected chi connectivity index (χ2v) is 7.74. The van der Waals surface area contributed by atoms with Crippen LogP contribution in [0.1, 0.15) is 42.5 Å². The minimum atomic E-state index is -0.377. The fraction of sp³-hybridized carbons (Fsp3) is 0.391. The number of hydrogen-bond donors (Lipinski definition) is 2. The highest BCUT2D eigenvalue weighted by Crippen LogP contribution is 2.23. The average molecular weight is 377 g/mol. The summed E-state index contributed by atoms with van der Waals surface area (Å²) in [6.07, 6.45) is 2.27. The molecule has 0 aromatic heterocycles. The van der Waals surface area contributed by atoms with E-state index in [1.165, 1.54) is 11.1 Å². The molecular formula is C23H27N3O2. The summed E-state index contributed by atoms with van der Waals surface area (Å²) in [6, 6.07) is 17.4. The normalized spacial score (nSPS) is 22.4. The number of benzene rings is 2. The summed E-state index contributed by atoms with van der Waals surface area (Å²) in [5, 5.41) is 6.44. The molecule has 2 N–H and O–H groups in total. The van der Waals surface area contributed by atoms with E-state index in [-0.39, 0.29) is 29.9 Å². The largest absolute Gasteiger partial charge is 0.348 e. The van der Waals surface area contributed by atoms with Crippen molar-refractivity contribution in [3.8, 4) is 0 Å². The lowest BCUT2D eigenvalue weighted by molar-refractivity contribution is -0.140. The quantitative estimate of drug-likeness (QED) is 0.861. The number of fused-ring (bicyclic) bond motifs is 1. The summed E-state index contributed by atoms with van der Waals surface area (Å²) >= 11 is 0. The molecule has 28 heavy (non-hydrogen) atoms.